The number of hydrogen-bond donors (Lipinski definition) is 1. The topological polar surface area (TPSA) is 24.5 Å². The van der Waals surface area contributed by atoms with Gasteiger partial charge in [0.15, 0.2) is 0 Å². The van der Waals surface area contributed by atoms with Crippen LogP contribution in [0.25, 0.3) is 0 Å². The van der Waals surface area contributed by atoms with Crippen LogP contribution in [0.2, 0.25) is 0 Å². The molecule has 2 rings (SSSR count). The van der Waals surface area contributed by atoms with Gasteiger partial charge in [0, 0.05) is 25.8 Å². The van der Waals surface area contributed by atoms with Crippen LogP contribution in [-0.4, -0.2) is 50.3 Å². The van der Waals surface area contributed by atoms with Gasteiger partial charge in [0.1, 0.15) is 0 Å². The van der Waals surface area contributed by atoms with Crippen molar-refractivity contribution in [3.63, 3.8) is 0 Å². The first-order valence-corrected chi connectivity index (χ1v) is 8.62. The van der Waals surface area contributed by atoms with Crippen molar-refractivity contribution in [2.75, 3.05) is 33.4 Å². The molecule has 1 aliphatic carbocycles. The highest BCUT2D eigenvalue weighted by Gasteiger charge is 2.38. The predicted molar refractivity (Wildman–Crippen MR) is 85.0 cm³/mol. The average Bonchev–Trinajstić information content (AvgIpc) is 2.40. The molecule has 3 heteroatoms. The molecule has 0 aromatic heterocycles. The maximum atomic E-state index is 5.33. The fourth-order valence-corrected chi connectivity index (χ4v) is 4.57. The van der Waals surface area contributed by atoms with Crippen LogP contribution in [0, 0.1) is 17.8 Å². The SMILES string of the molecule is CCNC1CC(C)CC(C)C1N1CCC(COC)CC1. The van der Waals surface area contributed by atoms with Gasteiger partial charge in [-0.25, -0.2) is 0 Å². The highest BCUT2D eigenvalue weighted by molar-refractivity contribution is 4.95. The number of likely N-dealkylation sites (tertiary alicyclic amines) is 1. The lowest BCUT2D eigenvalue weighted by atomic mass is 9.75. The van der Waals surface area contributed by atoms with Crippen molar-refractivity contribution >= 4 is 0 Å². The molecule has 118 valence electrons. The summed E-state index contributed by atoms with van der Waals surface area (Å²) >= 11 is 0. The molecule has 3 nitrogen and oxygen atoms in total. The lowest BCUT2D eigenvalue weighted by Crippen LogP contribution is -2.58. The minimum Gasteiger partial charge on any atom is -0.384 e. The van der Waals surface area contributed by atoms with E-state index in [1.165, 1.54) is 38.8 Å². The summed E-state index contributed by atoms with van der Waals surface area (Å²) in [6.45, 7) is 11.7. The number of rotatable bonds is 5. The summed E-state index contributed by atoms with van der Waals surface area (Å²) < 4.78 is 5.33. The van der Waals surface area contributed by atoms with Crippen molar-refractivity contribution in [2.45, 2.75) is 58.5 Å². The molecule has 1 saturated heterocycles. The second-order valence-electron chi connectivity index (χ2n) is 7.14. The maximum Gasteiger partial charge on any atom is 0.0491 e. The third-order valence-corrected chi connectivity index (χ3v) is 5.37. The molecule has 0 aromatic carbocycles. The third-order valence-electron chi connectivity index (χ3n) is 5.37. The number of nitrogens with one attached hydrogen (secondary N) is 1. The van der Waals surface area contributed by atoms with Gasteiger partial charge >= 0.3 is 0 Å². The smallest absolute Gasteiger partial charge is 0.0491 e. The average molecular weight is 282 g/mol. The Kier molecular flexibility index (Phi) is 6.31. The Balaban J connectivity index is 1.94. The fourth-order valence-electron chi connectivity index (χ4n) is 4.57. The molecule has 0 radical (unpaired) electrons. The first kappa shape index (κ1) is 16.3. The molecule has 4 atom stereocenters. The number of hydrogen-bond acceptors (Lipinski definition) is 3. The zero-order chi connectivity index (χ0) is 14.5. The van der Waals surface area contributed by atoms with Crippen molar-refractivity contribution in [1.29, 1.82) is 0 Å². The van der Waals surface area contributed by atoms with Crippen LogP contribution in [0.3, 0.4) is 0 Å². The van der Waals surface area contributed by atoms with Gasteiger partial charge in [0.25, 0.3) is 0 Å². The van der Waals surface area contributed by atoms with E-state index in [1.807, 2.05) is 7.11 Å². The molecule has 1 aliphatic heterocycles. The number of ether oxygens (including phenoxy) is 1. The molecule has 4 unspecified atom stereocenters. The summed E-state index contributed by atoms with van der Waals surface area (Å²) in [7, 11) is 1.83. The van der Waals surface area contributed by atoms with Gasteiger partial charge in [-0.3, -0.25) is 4.90 Å². The Hall–Kier alpha value is -0.120. The second kappa shape index (κ2) is 7.77. The molecule has 0 aromatic rings. The van der Waals surface area contributed by atoms with Crippen molar-refractivity contribution in [3.05, 3.63) is 0 Å². The molecule has 1 heterocycles. The molecule has 0 spiro atoms. The van der Waals surface area contributed by atoms with Crippen LogP contribution in [0.4, 0.5) is 0 Å². The van der Waals surface area contributed by atoms with E-state index in [2.05, 4.69) is 31.0 Å². The summed E-state index contributed by atoms with van der Waals surface area (Å²) in [6.07, 6.45) is 5.36. The van der Waals surface area contributed by atoms with Crippen molar-refractivity contribution < 1.29 is 4.74 Å². The standard InChI is InChI=1S/C17H34N2O/c1-5-18-16-11-13(2)10-14(3)17(16)19-8-6-15(7-9-19)12-20-4/h13-18H,5-12H2,1-4H3. The fraction of sp³-hybridized carbons (Fsp3) is 1.00. The van der Waals surface area contributed by atoms with Crippen molar-refractivity contribution in [1.82, 2.24) is 10.2 Å². The molecule has 0 bridgehead atoms. The van der Waals surface area contributed by atoms with E-state index in [9.17, 15) is 0 Å². The molecular weight excluding hydrogens is 248 g/mol. The van der Waals surface area contributed by atoms with E-state index < -0.39 is 0 Å². The minimum absolute atomic E-state index is 0.692. The predicted octanol–water partition coefficient (Wildman–Crippen LogP) is 2.76. The minimum atomic E-state index is 0.692. The Bertz CT molecular complexity index is 276. The van der Waals surface area contributed by atoms with E-state index in [1.54, 1.807) is 0 Å². The number of methoxy groups -OCH3 is 1. The van der Waals surface area contributed by atoms with E-state index >= 15 is 0 Å². The third kappa shape index (κ3) is 3.96. The first-order valence-electron chi connectivity index (χ1n) is 8.62. The molecule has 20 heavy (non-hydrogen) atoms. The van der Waals surface area contributed by atoms with Crippen molar-refractivity contribution in [3.8, 4) is 0 Å². The van der Waals surface area contributed by atoms with Crippen LogP contribution in [0.5, 0.6) is 0 Å². The normalized spacial score (nSPS) is 37.2. The molecular formula is C17H34N2O. The summed E-state index contributed by atoms with van der Waals surface area (Å²) in [6, 6.07) is 1.44. The van der Waals surface area contributed by atoms with E-state index in [0.717, 1.165) is 36.9 Å². The highest BCUT2D eigenvalue weighted by Crippen LogP contribution is 2.34. The molecule has 1 saturated carbocycles. The molecule has 2 aliphatic rings. The second-order valence-corrected chi connectivity index (χ2v) is 7.14. The van der Waals surface area contributed by atoms with E-state index in [0.29, 0.717) is 6.04 Å². The van der Waals surface area contributed by atoms with Crippen LogP contribution in [0.1, 0.15) is 46.5 Å². The number of likely N-dealkylation sites (N-methyl/N-ethyl adjacent to an activating group) is 1. The highest BCUT2D eigenvalue weighted by atomic mass is 16.5. The van der Waals surface area contributed by atoms with Gasteiger partial charge < -0.3 is 10.1 Å². The zero-order valence-corrected chi connectivity index (χ0v) is 13.9. The Morgan fingerprint density at radius 3 is 2.45 bits per heavy atom. The molecule has 1 N–H and O–H groups in total. The van der Waals surface area contributed by atoms with Crippen LogP contribution in [0.15, 0.2) is 0 Å². The van der Waals surface area contributed by atoms with E-state index in [4.69, 9.17) is 4.74 Å². The monoisotopic (exact) mass is 282 g/mol. The van der Waals surface area contributed by atoms with Crippen molar-refractivity contribution in [2.24, 2.45) is 17.8 Å². The van der Waals surface area contributed by atoms with Gasteiger partial charge in [0.05, 0.1) is 0 Å². The Morgan fingerprint density at radius 2 is 1.85 bits per heavy atom. The van der Waals surface area contributed by atoms with Gasteiger partial charge in [-0.2, -0.15) is 0 Å². The van der Waals surface area contributed by atoms with Gasteiger partial charge in [-0.1, -0.05) is 20.8 Å². The van der Waals surface area contributed by atoms with Gasteiger partial charge in [-0.05, 0) is 63.1 Å². The first-order chi connectivity index (χ1) is 9.65. The summed E-state index contributed by atoms with van der Waals surface area (Å²) in [4.78, 5) is 2.77. The van der Waals surface area contributed by atoms with Crippen LogP contribution >= 0.6 is 0 Å². The summed E-state index contributed by atoms with van der Waals surface area (Å²) in [5.74, 6) is 2.48. The Labute approximate surface area is 125 Å². The lowest BCUT2D eigenvalue weighted by Gasteiger charge is -2.48. The number of piperidine rings is 1. The largest absolute Gasteiger partial charge is 0.384 e. The lowest BCUT2D eigenvalue weighted by molar-refractivity contribution is 0.0232. The maximum absolute atomic E-state index is 5.33. The van der Waals surface area contributed by atoms with Gasteiger partial charge in [-0.15, -0.1) is 0 Å². The molecule has 0 amide bonds. The van der Waals surface area contributed by atoms with Crippen LogP contribution < -0.4 is 5.32 Å². The summed E-state index contributed by atoms with van der Waals surface area (Å²) in [5.41, 5.74) is 0. The number of nitrogens with zero attached hydrogens (tertiary/aromatic N) is 1. The molecule has 2 fully saturated rings. The quantitative estimate of drug-likeness (QED) is 0.839. The van der Waals surface area contributed by atoms with E-state index in [-0.39, 0.29) is 0 Å². The summed E-state index contributed by atoms with van der Waals surface area (Å²) in [5, 5.41) is 3.76. The Morgan fingerprint density at radius 1 is 1.15 bits per heavy atom. The zero-order valence-electron chi connectivity index (χ0n) is 13.9. The van der Waals surface area contributed by atoms with Gasteiger partial charge in [0.2, 0.25) is 0 Å². The van der Waals surface area contributed by atoms with Crippen LogP contribution in [-0.2, 0) is 4.74 Å².